The molecule has 5 nitrogen and oxygen atoms in total. The zero-order chi connectivity index (χ0) is 16.8. The third-order valence-electron chi connectivity index (χ3n) is 4.48. The summed E-state index contributed by atoms with van der Waals surface area (Å²) in [4.78, 5) is 16.6. The van der Waals surface area contributed by atoms with Crippen LogP contribution in [-0.2, 0) is 24.1 Å². The molecule has 24 heavy (non-hydrogen) atoms. The van der Waals surface area contributed by atoms with Gasteiger partial charge in [0.25, 0.3) is 0 Å². The van der Waals surface area contributed by atoms with E-state index in [2.05, 4.69) is 40.6 Å². The number of hydrogen-bond acceptors (Lipinski definition) is 4. The molecule has 1 N–H and O–H groups in total. The van der Waals surface area contributed by atoms with Crippen molar-refractivity contribution in [2.75, 3.05) is 0 Å². The molecule has 0 fully saturated rings. The second-order valence-corrected chi connectivity index (χ2v) is 6.42. The van der Waals surface area contributed by atoms with E-state index in [1.807, 2.05) is 6.07 Å². The van der Waals surface area contributed by atoms with Gasteiger partial charge in [-0.15, -0.1) is 0 Å². The van der Waals surface area contributed by atoms with Crippen LogP contribution in [0, 0.1) is 0 Å². The van der Waals surface area contributed by atoms with Gasteiger partial charge in [-0.2, -0.15) is 4.98 Å². The molecule has 1 aliphatic rings. The molecule has 1 amide bonds. The second kappa shape index (κ2) is 8.08. The Morgan fingerprint density at radius 2 is 2.21 bits per heavy atom. The Morgan fingerprint density at radius 3 is 3.08 bits per heavy atom. The van der Waals surface area contributed by atoms with Gasteiger partial charge in [0.05, 0.1) is 6.04 Å². The Labute approximate surface area is 142 Å². The summed E-state index contributed by atoms with van der Waals surface area (Å²) >= 11 is 0. The van der Waals surface area contributed by atoms with E-state index in [9.17, 15) is 4.79 Å². The van der Waals surface area contributed by atoms with E-state index in [1.54, 1.807) is 0 Å². The molecule has 0 radical (unpaired) electrons. The summed E-state index contributed by atoms with van der Waals surface area (Å²) in [6, 6.07) is 8.57. The van der Waals surface area contributed by atoms with Crippen LogP contribution in [0.25, 0.3) is 0 Å². The van der Waals surface area contributed by atoms with Crippen molar-refractivity contribution in [1.82, 2.24) is 15.5 Å². The van der Waals surface area contributed by atoms with Crippen LogP contribution in [-0.4, -0.2) is 16.0 Å². The van der Waals surface area contributed by atoms with Crippen LogP contribution in [0.3, 0.4) is 0 Å². The first kappa shape index (κ1) is 16.7. The molecular formula is C19H25N3O2. The number of aryl methyl sites for hydroxylation is 3. The van der Waals surface area contributed by atoms with Crippen molar-refractivity contribution in [1.29, 1.82) is 0 Å². The summed E-state index contributed by atoms with van der Waals surface area (Å²) in [6.07, 6.45) is 6.98. The van der Waals surface area contributed by atoms with Gasteiger partial charge >= 0.3 is 0 Å². The highest BCUT2D eigenvalue weighted by Crippen LogP contribution is 2.29. The third-order valence-corrected chi connectivity index (χ3v) is 4.48. The van der Waals surface area contributed by atoms with Gasteiger partial charge in [0.15, 0.2) is 5.82 Å². The molecule has 0 spiro atoms. The molecule has 2 aromatic rings. The van der Waals surface area contributed by atoms with E-state index in [4.69, 9.17) is 4.52 Å². The Balaban J connectivity index is 1.46. The van der Waals surface area contributed by atoms with Gasteiger partial charge in [-0.1, -0.05) is 36.3 Å². The smallest absolute Gasteiger partial charge is 0.226 e. The van der Waals surface area contributed by atoms with Gasteiger partial charge in [0.1, 0.15) is 0 Å². The standard InChI is InChI=1S/C19H25N3O2/c1-2-7-17-21-19(24-22-17)13-6-12-18(23)20-16-11-5-9-14-8-3-4-10-15(14)16/h3-4,8,10,16H,2,5-7,9,11-13H2,1H3,(H,20,23). The lowest BCUT2D eigenvalue weighted by molar-refractivity contribution is -0.122. The average molecular weight is 327 g/mol. The predicted molar refractivity (Wildman–Crippen MR) is 91.5 cm³/mol. The molecule has 1 aromatic carbocycles. The number of aromatic nitrogens is 2. The lowest BCUT2D eigenvalue weighted by atomic mass is 9.87. The first-order valence-corrected chi connectivity index (χ1v) is 8.95. The van der Waals surface area contributed by atoms with Gasteiger partial charge < -0.3 is 9.84 Å². The summed E-state index contributed by atoms with van der Waals surface area (Å²) in [5.41, 5.74) is 2.64. The fraction of sp³-hybridized carbons (Fsp3) is 0.526. The minimum Gasteiger partial charge on any atom is -0.349 e. The second-order valence-electron chi connectivity index (χ2n) is 6.42. The topological polar surface area (TPSA) is 68.0 Å². The lowest BCUT2D eigenvalue weighted by Gasteiger charge is -2.26. The van der Waals surface area contributed by atoms with Crippen molar-refractivity contribution < 1.29 is 9.32 Å². The van der Waals surface area contributed by atoms with Crippen molar-refractivity contribution in [3.63, 3.8) is 0 Å². The Morgan fingerprint density at radius 1 is 1.33 bits per heavy atom. The minimum atomic E-state index is 0.102. The van der Waals surface area contributed by atoms with Crippen LogP contribution in [0.1, 0.15) is 67.9 Å². The van der Waals surface area contributed by atoms with Crippen LogP contribution in [0.4, 0.5) is 0 Å². The highest BCUT2D eigenvalue weighted by atomic mass is 16.5. The average Bonchev–Trinajstić information content (AvgIpc) is 3.03. The number of hydrogen-bond donors (Lipinski definition) is 1. The molecular weight excluding hydrogens is 302 g/mol. The SMILES string of the molecule is CCCc1noc(CCCC(=O)NC2CCCc3ccccc32)n1. The maximum atomic E-state index is 12.2. The summed E-state index contributed by atoms with van der Waals surface area (Å²) < 4.78 is 5.20. The first-order chi connectivity index (χ1) is 11.8. The quantitative estimate of drug-likeness (QED) is 0.844. The molecule has 3 rings (SSSR count). The van der Waals surface area contributed by atoms with Crippen LogP contribution >= 0.6 is 0 Å². The number of carbonyl (C=O) groups excluding carboxylic acids is 1. The first-order valence-electron chi connectivity index (χ1n) is 8.95. The van der Waals surface area contributed by atoms with Crippen molar-refractivity contribution in [2.45, 2.75) is 64.3 Å². The number of fused-ring (bicyclic) bond motifs is 1. The normalized spacial score (nSPS) is 16.6. The number of benzene rings is 1. The molecule has 128 valence electrons. The zero-order valence-corrected chi connectivity index (χ0v) is 14.3. The Hall–Kier alpha value is -2.17. The van der Waals surface area contributed by atoms with E-state index in [-0.39, 0.29) is 11.9 Å². The molecule has 1 atom stereocenters. The third kappa shape index (κ3) is 4.22. The van der Waals surface area contributed by atoms with Crippen molar-refractivity contribution in [2.24, 2.45) is 0 Å². The minimum absolute atomic E-state index is 0.102. The maximum Gasteiger partial charge on any atom is 0.226 e. The van der Waals surface area contributed by atoms with Gasteiger partial charge in [-0.05, 0) is 43.2 Å². The molecule has 0 bridgehead atoms. The van der Waals surface area contributed by atoms with E-state index in [0.717, 1.165) is 44.3 Å². The molecule has 1 heterocycles. The molecule has 0 saturated heterocycles. The van der Waals surface area contributed by atoms with Gasteiger partial charge in [-0.3, -0.25) is 4.79 Å². The zero-order valence-electron chi connectivity index (χ0n) is 14.3. The molecule has 1 aromatic heterocycles. The highest BCUT2D eigenvalue weighted by molar-refractivity contribution is 5.76. The summed E-state index contributed by atoms with van der Waals surface area (Å²) in [7, 11) is 0. The molecule has 0 aliphatic heterocycles. The van der Waals surface area contributed by atoms with Crippen molar-refractivity contribution >= 4 is 5.91 Å². The molecule has 1 unspecified atom stereocenters. The van der Waals surface area contributed by atoms with Gasteiger partial charge in [0.2, 0.25) is 11.8 Å². The predicted octanol–water partition coefficient (Wildman–Crippen LogP) is 3.54. The van der Waals surface area contributed by atoms with E-state index < -0.39 is 0 Å². The number of nitrogens with one attached hydrogen (secondary N) is 1. The number of nitrogens with zero attached hydrogens (tertiary/aromatic N) is 2. The Kier molecular flexibility index (Phi) is 5.62. The monoisotopic (exact) mass is 327 g/mol. The fourth-order valence-electron chi connectivity index (χ4n) is 3.29. The van der Waals surface area contributed by atoms with Crippen LogP contribution < -0.4 is 5.32 Å². The fourth-order valence-corrected chi connectivity index (χ4v) is 3.29. The van der Waals surface area contributed by atoms with Crippen molar-refractivity contribution in [3.05, 3.63) is 47.1 Å². The van der Waals surface area contributed by atoms with Crippen molar-refractivity contribution in [3.8, 4) is 0 Å². The molecule has 0 saturated carbocycles. The number of rotatable bonds is 7. The molecule has 1 aliphatic carbocycles. The Bertz CT molecular complexity index is 681. The van der Waals surface area contributed by atoms with E-state index in [0.29, 0.717) is 18.7 Å². The van der Waals surface area contributed by atoms with Crippen LogP contribution in [0.2, 0.25) is 0 Å². The van der Waals surface area contributed by atoms with E-state index >= 15 is 0 Å². The number of carbonyl (C=O) groups is 1. The maximum absolute atomic E-state index is 12.2. The van der Waals surface area contributed by atoms with Gasteiger partial charge in [-0.25, -0.2) is 0 Å². The highest BCUT2D eigenvalue weighted by Gasteiger charge is 2.21. The van der Waals surface area contributed by atoms with Gasteiger partial charge in [0, 0.05) is 19.3 Å². The number of amides is 1. The summed E-state index contributed by atoms with van der Waals surface area (Å²) in [6.45, 7) is 2.09. The lowest BCUT2D eigenvalue weighted by Crippen LogP contribution is -2.30. The van der Waals surface area contributed by atoms with Crippen LogP contribution in [0.15, 0.2) is 28.8 Å². The summed E-state index contributed by atoms with van der Waals surface area (Å²) in [5, 5.41) is 7.12. The molecule has 5 heteroatoms. The summed E-state index contributed by atoms with van der Waals surface area (Å²) in [5.74, 6) is 1.50. The van der Waals surface area contributed by atoms with Crippen LogP contribution in [0.5, 0.6) is 0 Å². The largest absolute Gasteiger partial charge is 0.349 e. The van der Waals surface area contributed by atoms with E-state index in [1.165, 1.54) is 11.1 Å².